The van der Waals surface area contributed by atoms with Gasteiger partial charge in [0.1, 0.15) is 0 Å². The molecule has 0 saturated carbocycles. The van der Waals surface area contributed by atoms with Crippen molar-refractivity contribution in [3.05, 3.63) is 48.6 Å². The summed E-state index contributed by atoms with van der Waals surface area (Å²) in [7, 11) is 0. The summed E-state index contributed by atoms with van der Waals surface area (Å²) in [5.74, 6) is 0. The third-order valence-corrected chi connectivity index (χ3v) is 2.34. The number of unbranched alkanes of at least 4 members (excludes halogenated alkanes) is 1. The average Bonchev–Trinajstić information content (AvgIpc) is 2.25. The predicted molar refractivity (Wildman–Crippen MR) is 62.3 cm³/mol. The molecule has 0 amide bonds. The lowest BCUT2D eigenvalue weighted by molar-refractivity contribution is 0.561. The molecule has 0 aliphatic rings. The van der Waals surface area contributed by atoms with Crippen LogP contribution in [0.1, 0.15) is 31.4 Å². The van der Waals surface area contributed by atoms with Crippen molar-refractivity contribution in [2.24, 2.45) is 0 Å². The van der Waals surface area contributed by atoms with E-state index < -0.39 is 0 Å². The van der Waals surface area contributed by atoms with Crippen LogP contribution in [0.4, 0.5) is 0 Å². The van der Waals surface area contributed by atoms with Gasteiger partial charge in [-0.1, -0.05) is 36.4 Å². The summed E-state index contributed by atoms with van der Waals surface area (Å²) in [4.78, 5) is 0. The Bertz CT molecular complexity index is 253. The molecule has 0 aliphatic carbocycles. The number of rotatable bonds is 6. The van der Waals surface area contributed by atoms with E-state index in [1.165, 1.54) is 12.0 Å². The van der Waals surface area contributed by atoms with E-state index in [1.807, 2.05) is 12.1 Å². The summed E-state index contributed by atoms with van der Waals surface area (Å²) < 4.78 is 0. The second-order valence-corrected chi connectivity index (χ2v) is 3.52. The van der Waals surface area contributed by atoms with Gasteiger partial charge < -0.3 is 5.32 Å². The van der Waals surface area contributed by atoms with Crippen LogP contribution in [0.15, 0.2) is 43.0 Å². The van der Waals surface area contributed by atoms with Gasteiger partial charge in [-0.2, -0.15) is 0 Å². The van der Waals surface area contributed by atoms with Gasteiger partial charge in [-0.3, -0.25) is 0 Å². The Morgan fingerprint density at radius 3 is 2.71 bits per heavy atom. The molecule has 1 nitrogen and oxygen atoms in total. The molecule has 0 bridgehead atoms. The van der Waals surface area contributed by atoms with Crippen molar-refractivity contribution >= 4 is 0 Å². The first-order valence-corrected chi connectivity index (χ1v) is 5.24. The molecule has 0 unspecified atom stereocenters. The van der Waals surface area contributed by atoms with Gasteiger partial charge in [0.05, 0.1) is 0 Å². The zero-order valence-electron chi connectivity index (χ0n) is 8.87. The maximum Gasteiger partial charge on any atom is 0.0291 e. The molecule has 0 radical (unpaired) electrons. The van der Waals surface area contributed by atoms with Crippen LogP contribution in [-0.2, 0) is 0 Å². The molecule has 0 aliphatic heterocycles. The number of hydrogen-bond donors (Lipinski definition) is 1. The van der Waals surface area contributed by atoms with Crippen molar-refractivity contribution in [3.63, 3.8) is 0 Å². The lowest BCUT2D eigenvalue weighted by Gasteiger charge is -2.13. The highest BCUT2D eigenvalue weighted by Crippen LogP contribution is 2.10. The lowest BCUT2D eigenvalue weighted by atomic mass is 10.1. The number of hydrogen-bond acceptors (Lipinski definition) is 1. The average molecular weight is 189 g/mol. The molecule has 1 aromatic carbocycles. The van der Waals surface area contributed by atoms with E-state index in [0.29, 0.717) is 6.04 Å². The van der Waals surface area contributed by atoms with E-state index in [0.717, 1.165) is 13.0 Å². The first-order chi connectivity index (χ1) is 6.84. The van der Waals surface area contributed by atoms with Crippen LogP contribution >= 0.6 is 0 Å². The van der Waals surface area contributed by atoms with Gasteiger partial charge in [-0.25, -0.2) is 0 Å². The topological polar surface area (TPSA) is 12.0 Å². The molecule has 0 heterocycles. The van der Waals surface area contributed by atoms with Gasteiger partial charge in [0, 0.05) is 6.04 Å². The minimum absolute atomic E-state index is 0.445. The lowest BCUT2D eigenvalue weighted by Crippen LogP contribution is -2.19. The third kappa shape index (κ3) is 3.75. The minimum atomic E-state index is 0.445. The number of nitrogens with one attached hydrogen (secondary N) is 1. The SMILES string of the molecule is C=CCCCN[C@H](C)c1ccccc1. The monoisotopic (exact) mass is 189 g/mol. The summed E-state index contributed by atoms with van der Waals surface area (Å²) in [5.41, 5.74) is 1.35. The molecular formula is C13H19N. The molecular weight excluding hydrogens is 170 g/mol. The van der Waals surface area contributed by atoms with Gasteiger partial charge in [-0.05, 0) is 31.9 Å². The van der Waals surface area contributed by atoms with E-state index in [-0.39, 0.29) is 0 Å². The molecule has 1 heteroatoms. The van der Waals surface area contributed by atoms with Gasteiger partial charge in [0.2, 0.25) is 0 Å². The van der Waals surface area contributed by atoms with E-state index in [9.17, 15) is 0 Å². The second kappa shape index (κ2) is 6.39. The Labute approximate surface area is 86.8 Å². The van der Waals surface area contributed by atoms with Gasteiger partial charge >= 0.3 is 0 Å². The van der Waals surface area contributed by atoms with E-state index in [1.54, 1.807) is 0 Å². The zero-order valence-corrected chi connectivity index (χ0v) is 8.87. The summed E-state index contributed by atoms with van der Waals surface area (Å²) in [6.07, 6.45) is 4.23. The van der Waals surface area contributed by atoms with Crippen LogP contribution in [0, 0.1) is 0 Å². The third-order valence-electron chi connectivity index (χ3n) is 2.34. The molecule has 0 saturated heterocycles. The van der Waals surface area contributed by atoms with Crippen LogP contribution in [0.3, 0.4) is 0 Å². The molecule has 1 atom stereocenters. The first-order valence-electron chi connectivity index (χ1n) is 5.24. The molecule has 14 heavy (non-hydrogen) atoms. The van der Waals surface area contributed by atoms with Crippen molar-refractivity contribution in [3.8, 4) is 0 Å². The number of benzene rings is 1. The molecule has 1 rings (SSSR count). The van der Waals surface area contributed by atoms with Crippen LogP contribution in [0.5, 0.6) is 0 Å². The largest absolute Gasteiger partial charge is 0.310 e. The summed E-state index contributed by atoms with van der Waals surface area (Å²) in [6.45, 7) is 6.96. The van der Waals surface area contributed by atoms with E-state index >= 15 is 0 Å². The van der Waals surface area contributed by atoms with Crippen LogP contribution < -0.4 is 5.32 Å². The molecule has 1 N–H and O–H groups in total. The van der Waals surface area contributed by atoms with Crippen molar-refractivity contribution in [2.75, 3.05) is 6.54 Å². The fourth-order valence-electron chi connectivity index (χ4n) is 1.42. The fraction of sp³-hybridized carbons (Fsp3) is 0.385. The van der Waals surface area contributed by atoms with Crippen molar-refractivity contribution in [2.45, 2.75) is 25.8 Å². The maximum absolute atomic E-state index is 3.71. The molecule has 0 spiro atoms. The summed E-state index contributed by atoms with van der Waals surface area (Å²) in [6, 6.07) is 11.0. The Balaban J connectivity index is 2.28. The highest BCUT2D eigenvalue weighted by molar-refractivity contribution is 5.17. The standard InChI is InChI=1S/C13H19N/c1-3-4-8-11-14-12(2)13-9-6-5-7-10-13/h3,5-7,9-10,12,14H,1,4,8,11H2,2H3/t12-/m1/s1. The smallest absolute Gasteiger partial charge is 0.0291 e. The summed E-state index contributed by atoms with van der Waals surface area (Å²) >= 11 is 0. The van der Waals surface area contributed by atoms with Crippen molar-refractivity contribution in [1.29, 1.82) is 0 Å². The van der Waals surface area contributed by atoms with Gasteiger partial charge in [-0.15, -0.1) is 6.58 Å². The predicted octanol–water partition coefficient (Wildman–Crippen LogP) is 3.30. The Kier molecular flexibility index (Phi) is 5.02. The highest BCUT2D eigenvalue weighted by Gasteiger charge is 2.01. The Morgan fingerprint density at radius 1 is 1.36 bits per heavy atom. The van der Waals surface area contributed by atoms with Gasteiger partial charge in [0.15, 0.2) is 0 Å². The minimum Gasteiger partial charge on any atom is -0.310 e. The van der Waals surface area contributed by atoms with Crippen molar-refractivity contribution < 1.29 is 0 Å². The summed E-state index contributed by atoms with van der Waals surface area (Å²) in [5, 5.41) is 3.49. The molecule has 0 fully saturated rings. The normalized spacial score (nSPS) is 12.4. The first kappa shape index (κ1) is 11.0. The zero-order chi connectivity index (χ0) is 10.2. The van der Waals surface area contributed by atoms with Gasteiger partial charge in [0.25, 0.3) is 0 Å². The number of allylic oxidation sites excluding steroid dienone is 1. The maximum atomic E-state index is 3.71. The Morgan fingerprint density at radius 2 is 2.07 bits per heavy atom. The Hall–Kier alpha value is -1.08. The molecule has 1 aromatic rings. The molecule has 0 aromatic heterocycles. The van der Waals surface area contributed by atoms with Crippen LogP contribution in [0.2, 0.25) is 0 Å². The van der Waals surface area contributed by atoms with E-state index in [4.69, 9.17) is 0 Å². The van der Waals surface area contributed by atoms with Crippen LogP contribution in [0.25, 0.3) is 0 Å². The fourth-order valence-corrected chi connectivity index (χ4v) is 1.42. The van der Waals surface area contributed by atoms with Crippen LogP contribution in [-0.4, -0.2) is 6.54 Å². The van der Waals surface area contributed by atoms with Crippen molar-refractivity contribution in [1.82, 2.24) is 5.32 Å². The second-order valence-electron chi connectivity index (χ2n) is 3.52. The molecule has 76 valence electrons. The highest BCUT2D eigenvalue weighted by atomic mass is 14.9. The quantitative estimate of drug-likeness (QED) is 0.535. The van der Waals surface area contributed by atoms with E-state index in [2.05, 4.69) is 43.1 Å².